The molecule has 0 radical (unpaired) electrons. The number of oxime groups is 1. The van der Waals surface area contributed by atoms with Crippen molar-refractivity contribution in [2.24, 2.45) is 5.16 Å². The fourth-order valence-electron chi connectivity index (χ4n) is 0.582. The molecule has 1 aliphatic rings. The number of hydrogen-bond acceptors (Lipinski definition) is 6. The van der Waals surface area contributed by atoms with Crippen LogP contribution in [0.25, 0.3) is 0 Å². The highest BCUT2D eigenvalue weighted by Crippen LogP contribution is 2.40. The van der Waals surface area contributed by atoms with Gasteiger partial charge < -0.3 is 5.21 Å². The quantitative estimate of drug-likeness (QED) is 0.361. The molecule has 0 aliphatic carbocycles. The first-order valence-electron chi connectivity index (χ1n) is 2.88. The van der Waals surface area contributed by atoms with Gasteiger partial charge in [-0.05, 0) is 0 Å². The summed E-state index contributed by atoms with van der Waals surface area (Å²) in [7, 11) is 0. The number of hydrogen-bond donors (Lipinski definition) is 1. The second-order valence-corrected chi connectivity index (χ2v) is 4.10. The van der Waals surface area contributed by atoms with Crippen molar-refractivity contribution >= 4 is 28.6 Å². The van der Waals surface area contributed by atoms with Crippen LogP contribution in [0.2, 0.25) is 0 Å². The van der Waals surface area contributed by atoms with E-state index in [9.17, 15) is 0 Å². The second kappa shape index (κ2) is 4.05. The lowest BCUT2D eigenvalue weighted by molar-refractivity contribution is 0.320. The van der Waals surface area contributed by atoms with Crippen LogP contribution >= 0.6 is 23.5 Å². The van der Waals surface area contributed by atoms with Gasteiger partial charge in [0.15, 0.2) is 0 Å². The molecule has 0 bridgehead atoms. The lowest BCUT2D eigenvalue weighted by Crippen LogP contribution is -1.85. The van der Waals surface area contributed by atoms with Crippen molar-refractivity contribution in [2.75, 3.05) is 5.75 Å². The van der Waals surface area contributed by atoms with E-state index >= 15 is 0 Å². The van der Waals surface area contributed by atoms with Gasteiger partial charge in [0.05, 0.1) is 9.99 Å². The van der Waals surface area contributed by atoms with E-state index in [4.69, 9.17) is 15.7 Å². The molecule has 0 aromatic carbocycles. The van der Waals surface area contributed by atoms with Crippen molar-refractivity contribution < 1.29 is 5.21 Å². The van der Waals surface area contributed by atoms with Crippen molar-refractivity contribution in [3.05, 3.63) is 9.81 Å². The molecule has 1 rings (SSSR count). The molecule has 4 nitrogen and oxygen atoms in total. The summed E-state index contributed by atoms with van der Waals surface area (Å²) in [5.74, 6) is 0.531. The van der Waals surface area contributed by atoms with E-state index in [0.29, 0.717) is 15.0 Å². The van der Waals surface area contributed by atoms with Crippen LogP contribution in [-0.2, 0) is 0 Å². The minimum absolute atomic E-state index is 0.0867. The monoisotopic (exact) mass is 197 g/mol. The predicted octanol–water partition coefficient (Wildman–Crippen LogP) is 1.51. The molecule has 0 unspecified atom stereocenters. The summed E-state index contributed by atoms with van der Waals surface area (Å²) in [5, 5.41) is 28.9. The van der Waals surface area contributed by atoms with Gasteiger partial charge >= 0.3 is 0 Å². The molecular weight excluding hydrogens is 194 g/mol. The van der Waals surface area contributed by atoms with E-state index in [1.807, 2.05) is 0 Å². The van der Waals surface area contributed by atoms with Crippen molar-refractivity contribution in [1.29, 1.82) is 10.5 Å². The van der Waals surface area contributed by atoms with Gasteiger partial charge in [0, 0.05) is 0 Å². The van der Waals surface area contributed by atoms with Gasteiger partial charge in [0.1, 0.15) is 22.8 Å². The minimum atomic E-state index is 0.0867. The lowest BCUT2D eigenvalue weighted by Gasteiger charge is -1.88. The Bertz CT molecular complexity index is 318. The molecule has 60 valence electrons. The molecule has 0 saturated carbocycles. The Morgan fingerprint density at radius 3 is 2.58 bits per heavy atom. The normalized spacial score (nSPS) is 18.8. The first-order valence-corrected chi connectivity index (χ1v) is 4.68. The number of nitriles is 2. The van der Waals surface area contributed by atoms with E-state index < -0.39 is 0 Å². The van der Waals surface area contributed by atoms with Crippen LogP contribution in [0.1, 0.15) is 0 Å². The zero-order valence-electron chi connectivity index (χ0n) is 5.81. The fourth-order valence-corrected chi connectivity index (χ4v) is 2.69. The first kappa shape index (κ1) is 8.98. The summed E-state index contributed by atoms with van der Waals surface area (Å²) in [6.45, 7) is 0. The highest BCUT2D eigenvalue weighted by Gasteiger charge is 2.20. The highest BCUT2D eigenvalue weighted by molar-refractivity contribution is 8.34. The Kier molecular flexibility index (Phi) is 3.03. The smallest absolute Gasteiger partial charge is 0.150 e. The third kappa shape index (κ3) is 1.73. The molecule has 1 fully saturated rings. The van der Waals surface area contributed by atoms with Crippen molar-refractivity contribution in [2.45, 2.75) is 0 Å². The molecule has 0 spiro atoms. The molecule has 1 saturated heterocycles. The lowest BCUT2D eigenvalue weighted by atomic mass is 10.4. The Hall–Kier alpha value is -1.11. The van der Waals surface area contributed by atoms with E-state index in [0.717, 1.165) is 0 Å². The van der Waals surface area contributed by atoms with Gasteiger partial charge in [0.25, 0.3) is 0 Å². The molecule has 1 heterocycles. The molecule has 1 aliphatic heterocycles. The Labute approximate surface area is 77.5 Å². The van der Waals surface area contributed by atoms with Gasteiger partial charge in [-0.15, -0.1) is 11.8 Å². The number of rotatable bonds is 0. The average molecular weight is 197 g/mol. The van der Waals surface area contributed by atoms with Gasteiger partial charge in [-0.3, -0.25) is 0 Å². The van der Waals surface area contributed by atoms with Crippen molar-refractivity contribution in [3.8, 4) is 12.1 Å². The van der Waals surface area contributed by atoms with Crippen LogP contribution in [0.4, 0.5) is 0 Å². The average Bonchev–Trinajstić information content (AvgIpc) is 2.55. The second-order valence-electron chi connectivity index (χ2n) is 1.77. The van der Waals surface area contributed by atoms with E-state index in [1.165, 1.54) is 23.5 Å². The minimum Gasteiger partial charge on any atom is -0.410 e. The van der Waals surface area contributed by atoms with Gasteiger partial charge in [-0.2, -0.15) is 10.5 Å². The Morgan fingerprint density at radius 1 is 1.50 bits per heavy atom. The van der Waals surface area contributed by atoms with Crippen molar-refractivity contribution in [1.82, 2.24) is 0 Å². The Morgan fingerprint density at radius 2 is 2.17 bits per heavy atom. The van der Waals surface area contributed by atoms with Crippen molar-refractivity contribution in [3.63, 3.8) is 0 Å². The summed E-state index contributed by atoms with van der Waals surface area (Å²) >= 11 is 2.50. The number of allylic oxidation sites excluding steroid dienone is 1. The van der Waals surface area contributed by atoms with E-state index in [2.05, 4.69) is 5.16 Å². The first-order chi connectivity index (χ1) is 5.81. The van der Waals surface area contributed by atoms with Crippen LogP contribution in [0.3, 0.4) is 0 Å². The third-order valence-corrected chi connectivity index (χ3v) is 3.60. The predicted molar refractivity (Wildman–Crippen MR) is 47.5 cm³/mol. The molecule has 1 N–H and O–H groups in total. The highest BCUT2D eigenvalue weighted by atomic mass is 32.2. The van der Waals surface area contributed by atoms with Gasteiger partial charge in [0.2, 0.25) is 0 Å². The Balaban J connectivity index is 2.90. The summed E-state index contributed by atoms with van der Waals surface area (Å²) in [4.78, 5) is 0. The van der Waals surface area contributed by atoms with Crippen LogP contribution in [-0.4, -0.2) is 16.0 Å². The number of nitrogens with zero attached hydrogens (tertiary/aromatic N) is 3. The zero-order valence-corrected chi connectivity index (χ0v) is 7.45. The largest absolute Gasteiger partial charge is 0.410 e. The fraction of sp³-hybridized carbons (Fsp3) is 0.167. The molecule has 0 amide bonds. The summed E-state index contributed by atoms with van der Waals surface area (Å²) < 4.78 is 0.618. The standard InChI is InChI=1S/C6H3N3OS2/c7-1-4(2-8)6-11-3-5(9-10)12-6/h10H,3H2. The molecule has 0 atom stereocenters. The van der Waals surface area contributed by atoms with E-state index in [1.54, 1.807) is 12.1 Å². The maximum atomic E-state index is 8.49. The van der Waals surface area contributed by atoms with Gasteiger partial charge in [-0.25, -0.2) is 0 Å². The summed E-state index contributed by atoms with van der Waals surface area (Å²) in [6, 6.07) is 3.56. The van der Waals surface area contributed by atoms with Crippen LogP contribution in [0.5, 0.6) is 0 Å². The zero-order chi connectivity index (χ0) is 8.97. The molecule has 12 heavy (non-hydrogen) atoms. The molecular formula is C6H3N3OS2. The third-order valence-electron chi connectivity index (χ3n) is 1.08. The molecule has 0 aromatic heterocycles. The summed E-state index contributed by atoms with van der Waals surface area (Å²) in [6.07, 6.45) is 0. The van der Waals surface area contributed by atoms with Crippen LogP contribution in [0.15, 0.2) is 15.0 Å². The van der Waals surface area contributed by atoms with E-state index in [-0.39, 0.29) is 5.57 Å². The maximum absolute atomic E-state index is 8.49. The summed E-state index contributed by atoms with van der Waals surface area (Å²) in [5.41, 5.74) is 0.0867. The van der Waals surface area contributed by atoms with Crippen LogP contribution in [0, 0.1) is 22.7 Å². The van der Waals surface area contributed by atoms with Crippen LogP contribution < -0.4 is 0 Å². The molecule has 6 heteroatoms. The maximum Gasteiger partial charge on any atom is 0.150 e. The number of thioether (sulfide) groups is 2. The van der Waals surface area contributed by atoms with Gasteiger partial charge in [-0.1, -0.05) is 16.9 Å². The SMILES string of the molecule is N#CC(C#N)=C1SCC(=NO)S1. The topological polar surface area (TPSA) is 80.2 Å². The molecule has 0 aromatic rings.